The molecule has 21 heavy (non-hydrogen) atoms. The standard InChI is InChI=1S/C16H22BrN3S/c1-4-14(18)8-12-7-13(17)5-6-15(12)20(3)9-16-11(2)19-10-21-16/h5-7,10,14H,4,8-9,18H2,1-3H3. The van der Waals surface area contributed by atoms with Crippen LogP contribution in [-0.2, 0) is 13.0 Å². The molecule has 0 saturated carbocycles. The minimum absolute atomic E-state index is 0.205. The van der Waals surface area contributed by atoms with E-state index >= 15 is 0 Å². The molecule has 1 atom stereocenters. The predicted molar refractivity (Wildman–Crippen MR) is 95.1 cm³/mol. The Morgan fingerprint density at radius 2 is 2.19 bits per heavy atom. The van der Waals surface area contributed by atoms with Gasteiger partial charge in [-0.2, -0.15) is 0 Å². The van der Waals surface area contributed by atoms with Crippen LogP contribution in [-0.4, -0.2) is 18.1 Å². The lowest BCUT2D eigenvalue weighted by Gasteiger charge is -2.23. The minimum atomic E-state index is 0.205. The Morgan fingerprint density at radius 1 is 1.43 bits per heavy atom. The third-order valence-electron chi connectivity index (χ3n) is 3.68. The highest BCUT2D eigenvalue weighted by molar-refractivity contribution is 9.10. The largest absolute Gasteiger partial charge is 0.369 e. The van der Waals surface area contributed by atoms with E-state index in [1.165, 1.54) is 16.1 Å². The van der Waals surface area contributed by atoms with Crippen molar-refractivity contribution < 1.29 is 0 Å². The van der Waals surface area contributed by atoms with E-state index in [2.05, 4.69) is 64.9 Å². The van der Waals surface area contributed by atoms with Gasteiger partial charge in [0.05, 0.1) is 17.7 Å². The van der Waals surface area contributed by atoms with Crippen molar-refractivity contribution in [1.82, 2.24) is 4.98 Å². The van der Waals surface area contributed by atoms with Gasteiger partial charge < -0.3 is 10.6 Å². The van der Waals surface area contributed by atoms with E-state index in [4.69, 9.17) is 5.73 Å². The molecule has 0 aliphatic heterocycles. The topological polar surface area (TPSA) is 42.1 Å². The van der Waals surface area contributed by atoms with Crippen molar-refractivity contribution in [2.45, 2.75) is 39.3 Å². The number of thiazole rings is 1. The van der Waals surface area contributed by atoms with Crippen molar-refractivity contribution in [2.75, 3.05) is 11.9 Å². The average molecular weight is 368 g/mol. The summed E-state index contributed by atoms with van der Waals surface area (Å²) in [5.74, 6) is 0. The Kier molecular flexibility index (Phi) is 5.79. The van der Waals surface area contributed by atoms with Gasteiger partial charge in [0, 0.05) is 28.1 Å². The molecule has 114 valence electrons. The molecule has 0 aliphatic carbocycles. The molecule has 0 bridgehead atoms. The molecule has 1 aromatic heterocycles. The number of rotatable bonds is 6. The van der Waals surface area contributed by atoms with Crippen molar-refractivity contribution in [3.63, 3.8) is 0 Å². The maximum atomic E-state index is 6.14. The van der Waals surface area contributed by atoms with Crippen LogP contribution in [0.5, 0.6) is 0 Å². The molecule has 0 spiro atoms. The van der Waals surface area contributed by atoms with E-state index in [0.717, 1.165) is 29.6 Å². The number of nitrogens with two attached hydrogens (primary N) is 1. The number of benzene rings is 1. The summed E-state index contributed by atoms with van der Waals surface area (Å²) in [6.07, 6.45) is 1.89. The van der Waals surface area contributed by atoms with Gasteiger partial charge in [0.25, 0.3) is 0 Å². The Labute approximate surface area is 139 Å². The lowest BCUT2D eigenvalue weighted by molar-refractivity contribution is 0.645. The van der Waals surface area contributed by atoms with Crippen LogP contribution >= 0.6 is 27.3 Å². The highest BCUT2D eigenvalue weighted by Crippen LogP contribution is 2.27. The Bertz CT molecular complexity index is 597. The van der Waals surface area contributed by atoms with Gasteiger partial charge in [-0.1, -0.05) is 22.9 Å². The van der Waals surface area contributed by atoms with E-state index in [-0.39, 0.29) is 6.04 Å². The Hall–Kier alpha value is -0.910. The fraction of sp³-hybridized carbons (Fsp3) is 0.438. The molecule has 5 heteroatoms. The number of aromatic nitrogens is 1. The highest BCUT2D eigenvalue weighted by Gasteiger charge is 2.13. The zero-order valence-corrected chi connectivity index (χ0v) is 15.2. The van der Waals surface area contributed by atoms with Crippen LogP contribution in [0.1, 0.15) is 29.5 Å². The number of hydrogen-bond donors (Lipinski definition) is 1. The van der Waals surface area contributed by atoms with Gasteiger partial charge in [-0.05, 0) is 43.5 Å². The van der Waals surface area contributed by atoms with E-state index in [1.54, 1.807) is 11.3 Å². The SMILES string of the molecule is CCC(N)Cc1cc(Br)ccc1N(C)Cc1scnc1C. The zero-order valence-electron chi connectivity index (χ0n) is 12.8. The number of anilines is 1. The summed E-state index contributed by atoms with van der Waals surface area (Å²) >= 11 is 5.28. The first-order chi connectivity index (χ1) is 10.0. The van der Waals surface area contributed by atoms with Gasteiger partial charge in [-0.15, -0.1) is 11.3 Å². The predicted octanol–water partition coefficient (Wildman–Crippen LogP) is 4.13. The van der Waals surface area contributed by atoms with E-state index in [1.807, 2.05) is 5.51 Å². The third-order valence-corrected chi connectivity index (χ3v) is 5.10. The number of aryl methyl sites for hydroxylation is 1. The van der Waals surface area contributed by atoms with E-state index < -0.39 is 0 Å². The number of nitrogens with zero attached hydrogens (tertiary/aromatic N) is 2. The third kappa shape index (κ3) is 4.28. The minimum Gasteiger partial charge on any atom is -0.369 e. The monoisotopic (exact) mass is 367 g/mol. The van der Waals surface area contributed by atoms with Crippen LogP contribution in [0, 0.1) is 6.92 Å². The maximum absolute atomic E-state index is 6.14. The summed E-state index contributed by atoms with van der Waals surface area (Å²) in [5, 5.41) is 0. The Balaban J connectivity index is 2.23. The van der Waals surface area contributed by atoms with Crippen LogP contribution in [0.2, 0.25) is 0 Å². The van der Waals surface area contributed by atoms with Crippen LogP contribution in [0.3, 0.4) is 0 Å². The number of hydrogen-bond acceptors (Lipinski definition) is 4. The van der Waals surface area contributed by atoms with E-state index in [0.29, 0.717) is 0 Å². The summed E-state index contributed by atoms with van der Waals surface area (Å²) in [6, 6.07) is 6.64. The van der Waals surface area contributed by atoms with Crippen LogP contribution < -0.4 is 10.6 Å². The normalized spacial score (nSPS) is 12.4. The van der Waals surface area contributed by atoms with E-state index in [9.17, 15) is 0 Å². The molecule has 3 nitrogen and oxygen atoms in total. The molecular formula is C16H22BrN3S. The molecule has 2 aromatic rings. The second-order valence-corrected chi connectivity index (χ2v) is 7.22. The summed E-state index contributed by atoms with van der Waals surface area (Å²) in [6.45, 7) is 5.08. The number of halogens is 1. The first-order valence-corrected chi connectivity index (χ1v) is 8.82. The fourth-order valence-corrected chi connectivity index (χ4v) is 3.53. The Morgan fingerprint density at radius 3 is 2.81 bits per heavy atom. The molecule has 2 N–H and O–H groups in total. The molecule has 1 aromatic carbocycles. The fourth-order valence-electron chi connectivity index (χ4n) is 2.30. The van der Waals surface area contributed by atoms with Crippen molar-refractivity contribution in [1.29, 1.82) is 0 Å². The molecule has 0 aliphatic rings. The second-order valence-electron chi connectivity index (χ2n) is 5.36. The first-order valence-electron chi connectivity index (χ1n) is 7.15. The van der Waals surface area contributed by atoms with Gasteiger partial charge in [-0.3, -0.25) is 0 Å². The smallest absolute Gasteiger partial charge is 0.0798 e. The molecule has 0 radical (unpaired) electrons. The van der Waals surface area contributed by atoms with Crippen molar-refractivity contribution >= 4 is 33.0 Å². The van der Waals surface area contributed by atoms with Crippen LogP contribution in [0.25, 0.3) is 0 Å². The van der Waals surface area contributed by atoms with Gasteiger partial charge >= 0.3 is 0 Å². The van der Waals surface area contributed by atoms with Gasteiger partial charge in [-0.25, -0.2) is 4.98 Å². The molecule has 0 fully saturated rings. The van der Waals surface area contributed by atoms with Crippen molar-refractivity contribution in [3.05, 3.63) is 44.3 Å². The van der Waals surface area contributed by atoms with Crippen molar-refractivity contribution in [3.8, 4) is 0 Å². The first kappa shape index (κ1) is 16.5. The molecule has 0 amide bonds. The maximum Gasteiger partial charge on any atom is 0.0798 e. The molecule has 0 saturated heterocycles. The highest BCUT2D eigenvalue weighted by atomic mass is 79.9. The second kappa shape index (κ2) is 7.38. The lowest BCUT2D eigenvalue weighted by Crippen LogP contribution is -2.24. The lowest BCUT2D eigenvalue weighted by atomic mass is 10.0. The quantitative estimate of drug-likeness (QED) is 0.834. The van der Waals surface area contributed by atoms with Crippen LogP contribution in [0.15, 0.2) is 28.2 Å². The summed E-state index contributed by atoms with van der Waals surface area (Å²) in [7, 11) is 2.13. The van der Waals surface area contributed by atoms with Crippen molar-refractivity contribution in [2.24, 2.45) is 5.73 Å². The molecule has 2 rings (SSSR count). The van der Waals surface area contributed by atoms with Gasteiger partial charge in [0.15, 0.2) is 0 Å². The summed E-state index contributed by atoms with van der Waals surface area (Å²) < 4.78 is 1.10. The molecular weight excluding hydrogens is 346 g/mol. The molecule has 1 unspecified atom stereocenters. The summed E-state index contributed by atoms with van der Waals surface area (Å²) in [5.41, 5.74) is 11.7. The van der Waals surface area contributed by atoms with Gasteiger partial charge in [0.1, 0.15) is 0 Å². The van der Waals surface area contributed by atoms with Gasteiger partial charge in [0.2, 0.25) is 0 Å². The summed E-state index contributed by atoms with van der Waals surface area (Å²) in [4.78, 5) is 7.92. The average Bonchev–Trinajstić information content (AvgIpc) is 2.84. The van der Waals surface area contributed by atoms with Crippen LogP contribution in [0.4, 0.5) is 5.69 Å². The molecule has 1 heterocycles. The zero-order chi connectivity index (χ0) is 15.4.